The Hall–Kier alpha value is -1.96. The largest absolute Gasteiger partial charge is 0.508 e. The van der Waals surface area contributed by atoms with Crippen LogP contribution in [0.3, 0.4) is 0 Å². The van der Waals surface area contributed by atoms with Gasteiger partial charge in [0, 0.05) is 0 Å². The Labute approximate surface area is 133 Å². The Kier molecular flexibility index (Phi) is 4.80. The first kappa shape index (κ1) is 16.4. The Balaban J connectivity index is 2.66. The van der Waals surface area contributed by atoms with Crippen LogP contribution in [0, 0.1) is 13.8 Å². The van der Waals surface area contributed by atoms with E-state index in [1.165, 1.54) is 0 Å². The molecule has 0 amide bonds. The van der Waals surface area contributed by atoms with E-state index >= 15 is 0 Å². The molecule has 0 heterocycles. The van der Waals surface area contributed by atoms with Crippen LogP contribution in [-0.2, 0) is 6.42 Å². The summed E-state index contributed by atoms with van der Waals surface area (Å²) in [5, 5.41) is 20.3. The normalized spacial score (nSPS) is 11.2. The highest BCUT2D eigenvalue weighted by atomic mass is 16.3. The number of phenolic OH excluding ortho intramolecular Hbond substituents is 2. The monoisotopic (exact) mass is 298 g/mol. The molecule has 2 heteroatoms. The SMILES string of the molecule is CCCc1c(O)ccc(-c2cc(C(C)C)c(O)cc2C)c1C. The third kappa shape index (κ3) is 2.96. The fourth-order valence-electron chi connectivity index (χ4n) is 3.06. The minimum absolute atomic E-state index is 0.270. The van der Waals surface area contributed by atoms with E-state index in [1.807, 2.05) is 19.1 Å². The molecule has 0 atom stereocenters. The van der Waals surface area contributed by atoms with Crippen LogP contribution in [0.5, 0.6) is 11.5 Å². The van der Waals surface area contributed by atoms with Gasteiger partial charge in [0.1, 0.15) is 11.5 Å². The van der Waals surface area contributed by atoms with Crippen molar-refractivity contribution in [3.63, 3.8) is 0 Å². The van der Waals surface area contributed by atoms with Crippen LogP contribution in [0.15, 0.2) is 24.3 Å². The molecule has 0 radical (unpaired) electrons. The van der Waals surface area contributed by atoms with Crippen molar-refractivity contribution in [2.45, 2.75) is 53.4 Å². The van der Waals surface area contributed by atoms with Gasteiger partial charge >= 0.3 is 0 Å². The lowest BCUT2D eigenvalue weighted by Gasteiger charge is -2.18. The molecule has 0 aliphatic carbocycles. The summed E-state index contributed by atoms with van der Waals surface area (Å²) in [6.45, 7) is 10.4. The number of aromatic hydroxyl groups is 2. The smallest absolute Gasteiger partial charge is 0.119 e. The molecule has 2 rings (SSSR count). The van der Waals surface area contributed by atoms with Crippen LogP contribution in [0.4, 0.5) is 0 Å². The van der Waals surface area contributed by atoms with Gasteiger partial charge in [0.2, 0.25) is 0 Å². The molecular formula is C20H26O2. The summed E-state index contributed by atoms with van der Waals surface area (Å²) in [4.78, 5) is 0. The van der Waals surface area contributed by atoms with Gasteiger partial charge in [-0.15, -0.1) is 0 Å². The predicted molar refractivity (Wildman–Crippen MR) is 92.8 cm³/mol. The number of rotatable bonds is 4. The van der Waals surface area contributed by atoms with E-state index < -0.39 is 0 Å². The van der Waals surface area contributed by atoms with E-state index in [0.717, 1.165) is 46.2 Å². The molecule has 2 nitrogen and oxygen atoms in total. The van der Waals surface area contributed by atoms with Gasteiger partial charge in [-0.05, 0) is 77.8 Å². The van der Waals surface area contributed by atoms with Crippen molar-refractivity contribution < 1.29 is 10.2 Å². The molecule has 0 saturated heterocycles. The van der Waals surface area contributed by atoms with Gasteiger partial charge in [-0.3, -0.25) is 0 Å². The van der Waals surface area contributed by atoms with Crippen molar-refractivity contribution in [2.75, 3.05) is 0 Å². The van der Waals surface area contributed by atoms with Gasteiger partial charge in [-0.25, -0.2) is 0 Å². The average Bonchev–Trinajstić information content (AvgIpc) is 2.44. The Morgan fingerprint density at radius 1 is 0.955 bits per heavy atom. The zero-order valence-corrected chi connectivity index (χ0v) is 14.2. The molecule has 0 aliphatic rings. The lowest BCUT2D eigenvalue weighted by atomic mass is 9.88. The summed E-state index contributed by atoms with van der Waals surface area (Å²) < 4.78 is 0. The first-order valence-electron chi connectivity index (χ1n) is 8.02. The van der Waals surface area contributed by atoms with E-state index in [4.69, 9.17) is 0 Å². The second kappa shape index (κ2) is 6.43. The van der Waals surface area contributed by atoms with E-state index in [0.29, 0.717) is 11.5 Å². The lowest BCUT2D eigenvalue weighted by Crippen LogP contribution is -1.97. The van der Waals surface area contributed by atoms with Gasteiger partial charge in [-0.2, -0.15) is 0 Å². The van der Waals surface area contributed by atoms with Gasteiger partial charge in [0.15, 0.2) is 0 Å². The molecule has 0 saturated carbocycles. The minimum atomic E-state index is 0.270. The molecule has 0 bridgehead atoms. The highest BCUT2D eigenvalue weighted by Crippen LogP contribution is 2.37. The van der Waals surface area contributed by atoms with Crippen LogP contribution in [0.25, 0.3) is 11.1 Å². The van der Waals surface area contributed by atoms with Crippen LogP contribution in [0.2, 0.25) is 0 Å². The highest BCUT2D eigenvalue weighted by Gasteiger charge is 2.15. The fraction of sp³-hybridized carbons (Fsp3) is 0.400. The molecule has 2 aromatic rings. The summed E-state index contributed by atoms with van der Waals surface area (Å²) in [5.41, 5.74) is 6.45. The van der Waals surface area contributed by atoms with Gasteiger partial charge in [-0.1, -0.05) is 33.3 Å². The molecule has 2 aromatic carbocycles. The van der Waals surface area contributed by atoms with E-state index in [2.05, 4.69) is 33.8 Å². The van der Waals surface area contributed by atoms with Crippen molar-refractivity contribution in [3.05, 3.63) is 46.5 Å². The molecule has 2 N–H and O–H groups in total. The number of phenols is 2. The summed E-state index contributed by atoms with van der Waals surface area (Å²) in [5.74, 6) is 1.01. The second-order valence-corrected chi connectivity index (χ2v) is 6.37. The highest BCUT2D eigenvalue weighted by molar-refractivity contribution is 5.74. The third-order valence-electron chi connectivity index (χ3n) is 4.36. The molecule has 118 valence electrons. The van der Waals surface area contributed by atoms with Crippen molar-refractivity contribution in [1.82, 2.24) is 0 Å². The second-order valence-electron chi connectivity index (χ2n) is 6.37. The van der Waals surface area contributed by atoms with Crippen molar-refractivity contribution >= 4 is 0 Å². The molecule has 0 aromatic heterocycles. The maximum absolute atomic E-state index is 10.1. The summed E-state index contributed by atoms with van der Waals surface area (Å²) in [6, 6.07) is 7.70. The number of benzene rings is 2. The number of hydrogen-bond acceptors (Lipinski definition) is 2. The summed E-state index contributed by atoms with van der Waals surface area (Å²) in [7, 11) is 0. The molecule has 0 spiro atoms. The van der Waals surface area contributed by atoms with E-state index in [9.17, 15) is 10.2 Å². The Bertz CT molecular complexity index is 685. The third-order valence-corrected chi connectivity index (χ3v) is 4.36. The molecule has 22 heavy (non-hydrogen) atoms. The standard InChI is InChI=1S/C20H26O2/c1-6-7-16-14(5)15(8-9-19(16)21)18-11-17(12(2)3)20(22)10-13(18)4/h8-12,21-22H,6-7H2,1-5H3. The zero-order valence-electron chi connectivity index (χ0n) is 14.2. The fourth-order valence-corrected chi connectivity index (χ4v) is 3.06. The van der Waals surface area contributed by atoms with Gasteiger partial charge < -0.3 is 10.2 Å². The van der Waals surface area contributed by atoms with Crippen LogP contribution in [-0.4, -0.2) is 10.2 Å². The van der Waals surface area contributed by atoms with Crippen LogP contribution >= 0.6 is 0 Å². The number of hydrogen-bond donors (Lipinski definition) is 2. The van der Waals surface area contributed by atoms with E-state index in [1.54, 1.807) is 6.07 Å². The molecule has 0 unspecified atom stereocenters. The topological polar surface area (TPSA) is 40.5 Å². The minimum Gasteiger partial charge on any atom is -0.508 e. The predicted octanol–water partition coefficient (Wildman–Crippen LogP) is 5.46. The van der Waals surface area contributed by atoms with Crippen LogP contribution in [0.1, 0.15) is 55.4 Å². The summed E-state index contributed by atoms with van der Waals surface area (Å²) >= 11 is 0. The first-order valence-corrected chi connectivity index (χ1v) is 8.02. The summed E-state index contributed by atoms with van der Waals surface area (Å²) in [6.07, 6.45) is 1.88. The van der Waals surface area contributed by atoms with Crippen molar-refractivity contribution in [2.24, 2.45) is 0 Å². The van der Waals surface area contributed by atoms with Crippen LogP contribution < -0.4 is 0 Å². The first-order chi connectivity index (χ1) is 10.4. The average molecular weight is 298 g/mol. The van der Waals surface area contributed by atoms with Crippen molar-refractivity contribution in [1.29, 1.82) is 0 Å². The zero-order chi connectivity index (χ0) is 16.4. The van der Waals surface area contributed by atoms with Crippen molar-refractivity contribution in [3.8, 4) is 22.6 Å². The number of aryl methyl sites for hydroxylation is 1. The maximum atomic E-state index is 10.1. The maximum Gasteiger partial charge on any atom is 0.119 e. The quantitative estimate of drug-likeness (QED) is 0.787. The van der Waals surface area contributed by atoms with Gasteiger partial charge in [0.25, 0.3) is 0 Å². The Morgan fingerprint density at radius 2 is 1.64 bits per heavy atom. The molecular weight excluding hydrogens is 272 g/mol. The molecule has 0 aliphatic heterocycles. The molecule has 0 fully saturated rings. The van der Waals surface area contributed by atoms with Gasteiger partial charge in [0.05, 0.1) is 0 Å². The lowest BCUT2D eigenvalue weighted by molar-refractivity contribution is 0.464. The van der Waals surface area contributed by atoms with E-state index in [-0.39, 0.29) is 5.92 Å². The Morgan fingerprint density at radius 3 is 2.23 bits per heavy atom.